The quantitative estimate of drug-likeness (QED) is 0.577. The van der Waals surface area contributed by atoms with Gasteiger partial charge >= 0.3 is 0 Å². The minimum Gasteiger partial charge on any atom is -0.392 e. The zero-order chi connectivity index (χ0) is 9.23. The number of aliphatic hydroxyl groups excluding tert-OH is 2. The molecule has 0 rings (SSSR count). The molecule has 1 unspecified atom stereocenters. The second kappa shape index (κ2) is 7.88. The van der Waals surface area contributed by atoms with Crippen LogP contribution in [0.4, 0.5) is 0 Å². The van der Waals surface area contributed by atoms with E-state index in [1.54, 1.807) is 0 Å². The monoisotopic (exact) mass is 164 g/mol. The van der Waals surface area contributed by atoms with Crippen molar-refractivity contribution in [2.24, 2.45) is 0 Å². The Hall–Kier alpha value is -1.22. The highest BCUT2D eigenvalue weighted by Crippen LogP contribution is 1.83. The highest BCUT2D eigenvalue weighted by atomic mass is 16.3. The van der Waals surface area contributed by atoms with Gasteiger partial charge in [-0.25, -0.2) is 0 Å². The molecule has 0 aromatic carbocycles. The maximum absolute atomic E-state index is 8.96. The van der Waals surface area contributed by atoms with Crippen LogP contribution in [-0.4, -0.2) is 22.9 Å². The van der Waals surface area contributed by atoms with Crippen LogP contribution in [0.25, 0.3) is 0 Å². The lowest BCUT2D eigenvalue weighted by Crippen LogP contribution is -1.98. The average molecular weight is 164 g/mol. The zero-order valence-electron chi connectivity index (χ0n) is 7.04. The molecule has 0 saturated heterocycles. The Morgan fingerprint density at radius 3 is 2.75 bits per heavy atom. The van der Waals surface area contributed by atoms with Gasteiger partial charge in [-0.3, -0.25) is 0 Å². The Kier molecular flexibility index (Phi) is 7.08. The molecule has 0 amide bonds. The summed E-state index contributed by atoms with van der Waals surface area (Å²) < 4.78 is 0. The van der Waals surface area contributed by atoms with Crippen molar-refractivity contribution in [2.45, 2.75) is 19.4 Å². The van der Waals surface area contributed by atoms with Crippen molar-refractivity contribution in [3.8, 4) is 23.7 Å². The molecule has 0 saturated carbocycles. The molecule has 2 N–H and O–H groups in total. The molecule has 2 nitrogen and oxygen atoms in total. The number of allylic oxidation sites excluding steroid dienone is 1. The molecule has 0 spiro atoms. The molecule has 0 heterocycles. The van der Waals surface area contributed by atoms with Crippen molar-refractivity contribution in [2.75, 3.05) is 6.61 Å². The molecule has 1 atom stereocenters. The SMILES string of the molecule is CCC(O)C#CC#C/C=C/CO. The van der Waals surface area contributed by atoms with E-state index in [0.29, 0.717) is 6.42 Å². The van der Waals surface area contributed by atoms with E-state index in [1.165, 1.54) is 12.2 Å². The van der Waals surface area contributed by atoms with Gasteiger partial charge in [-0.15, -0.1) is 0 Å². The van der Waals surface area contributed by atoms with Gasteiger partial charge in [0.05, 0.1) is 6.61 Å². The van der Waals surface area contributed by atoms with Crippen LogP contribution in [0.3, 0.4) is 0 Å². The van der Waals surface area contributed by atoms with Crippen LogP contribution in [0.5, 0.6) is 0 Å². The molecule has 0 bridgehead atoms. The van der Waals surface area contributed by atoms with Crippen molar-refractivity contribution in [3.05, 3.63) is 12.2 Å². The lowest BCUT2D eigenvalue weighted by Gasteiger charge is -1.91. The number of aliphatic hydroxyl groups is 2. The highest BCUT2D eigenvalue weighted by Gasteiger charge is 1.88. The summed E-state index contributed by atoms with van der Waals surface area (Å²) in [4.78, 5) is 0. The normalized spacial score (nSPS) is 11.2. The Balaban J connectivity index is 3.81. The van der Waals surface area contributed by atoms with Crippen LogP contribution in [0.1, 0.15) is 13.3 Å². The van der Waals surface area contributed by atoms with Crippen molar-refractivity contribution in [1.29, 1.82) is 0 Å². The number of rotatable bonds is 2. The van der Waals surface area contributed by atoms with Crippen LogP contribution < -0.4 is 0 Å². The van der Waals surface area contributed by atoms with E-state index in [9.17, 15) is 0 Å². The van der Waals surface area contributed by atoms with Gasteiger partial charge in [-0.1, -0.05) is 24.8 Å². The maximum atomic E-state index is 8.96. The van der Waals surface area contributed by atoms with E-state index in [0.717, 1.165) is 0 Å². The summed E-state index contributed by atoms with van der Waals surface area (Å²) in [5.41, 5.74) is 0. The molecule has 2 heteroatoms. The van der Waals surface area contributed by atoms with E-state index >= 15 is 0 Å². The summed E-state index contributed by atoms with van der Waals surface area (Å²) in [6.45, 7) is 1.83. The van der Waals surface area contributed by atoms with Crippen molar-refractivity contribution in [3.63, 3.8) is 0 Å². The van der Waals surface area contributed by atoms with Gasteiger partial charge < -0.3 is 10.2 Å². The minimum absolute atomic E-state index is 0.0142. The van der Waals surface area contributed by atoms with E-state index in [2.05, 4.69) is 23.7 Å². The van der Waals surface area contributed by atoms with E-state index in [1.807, 2.05) is 6.92 Å². The Labute approximate surface area is 72.9 Å². The predicted octanol–water partition coefficient (Wildman–Crippen LogP) is 0.313. The molecule has 12 heavy (non-hydrogen) atoms. The third kappa shape index (κ3) is 6.89. The second-order valence-corrected chi connectivity index (χ2v) is 2.05. The Morgan fingerprint density at radius 1 is 1.42 bits per heavy atom. The van der Waals surface area contributed by atoms with Crippen LogP contribution >= 0.6 is 0 Å². The molecular formula is C10H12O2. The lowest BCUT2D eigenvalue weighted by molar-refractivity contribution is 0.228. The first-order valence-corrected chi connectivity index (χ1v) is 3.76. The summed E-state index contributed by atoms with van der Waals surface area (Å²) in [5, 5.41) is 17.3. The minimum atomic E-state index is -0.582. The summed E-state index contributed by atoms with van der Waals surface area (Å²) in [6, 6.07) is 0. The van der Waals surface area contributed by atoms with Gasteiger partial charge in [-0.2, -0.15) is 0 Å². The van der Waals surface area contributed by atoms with E-state index in [-0.39, 0.29) is 6.61 Å². The van der Waals surface area contributed by atoms with Gasteiger partial charge in [0.1, 0.15) is 6.10 Å². The molecule has 0 aliphatic rings. The molecule has 0 fully saturated rings. The van der Waals surface area contributed by atoms with Crippen LogP contribution in [0.2, 0.25) is 0 Å². The fourth-order valence-corrected chi connectivity index (χ4v) is 0.411. The first-order valence-electron chi connectivity index (χ1n) is 3.76. The van der Waals surface area contributed by atoms with Crippen LogP contribution in [0.15, 0.2) is 12.2 Å². The zero-order valence-corrected chi connectivity index (χ0v) is 7.04. The number of hydrogen-bond acceptors (Lipinski definition) is 2. The standard InChI is InChI=1S/C10H12O2/c1-2-10(12)8-6-4-3-5-7-9-11/h5,7,10-12H,2,9H2,1H3/b7-5+. The summed E-state index contributed by atoms with van der Waals surface area (Å²) in [5.74, 6) is 10.2. The smallest absolute Gasteiger partial charge is 0.115 e. The van der Waals surface area contributed by atoms with Crippen molar-refractivity contribution >= 4 is 0 Å². The summed E-state index contributed by atoms with van der Waals surface area (Å²) >= 11 is 0. The van der Waals surface area contributed by atoms with Crippen molar-refractivity contribution in [1.82, 2.24) is 0 Å². The lowest BCUT2D eigenvalue weighted by atomic mass is 10.3. The largest absolute Gasteiger partial charge is 0.392 e. The van der Waals surface area contributed by atoms with E-state index in [4.69, 9.17) is 10.2 Å². The van der Waals surface area contributed by atoms with E-state index < -0.39 is 6.10 Å². The third-order valence-electron chi connectivity index (χ3n) is 1.07. The predicted molar refractivity (Wildman–Crippen MR) is 48.1 cm³/mol. The molecule has 0 aliphatic carbocycles. The fourth-order valence-electron chi connectivity index (χ4n) is 0.411. The van der Waals surface area contributed by atoms with Gasteiger partial charge in [-0.05, 0) is 24.3 Å². The molecule has 64 valence electrons. The van der Waals surface area contributed by atoms with Gasteiger partial charge in [0.15, 0.2) is 0 Å². The third-order valence-corrected chi connectivity index (χ3v) is 1.07. The molecular weight excluding hydrogens is 152 g/mol. The molecule has 0 aromatic heterocycles. The van der Waals surface area contributed by atoms with Gasteiger partial charge in [0.25, 0.3) is 0 Å². The van der Waals surface area contributed by atoms with Gasteiger partial charge in [0.2, 0.25) is 0 Å². The second-order valence-electron chi connectivity index (χ2n) is 2.05. The average Bonchev–Trinajstić information content (AvgIpc) is 2.10. The Morgan fingerprint density at radius 2 is 2.17 bits per heavy atom. The maximum Gasteiger partial charge on any atom is 0.115 e. The fraction of sp³-hybridized carbons (Fsp3) is 0.400. The van der Waals surface area contributed by atoms with Gasteiger partial charge in [0, 0.05) is 0 Å². The summed E-state index contributed by atoms with van der Waals surface area (Å²) in [7, 11) is 0. The summed E-state index contributed by atoms with van der Waals surface area (Å²) in [6.07, 6.45) is 3.07. The topological polar surface area (TPSA) is 40.5 Å². The Bertz CT molecular complexity index is 244. The van der Waals surface area contributed by atoms with Crippen molar-refractivity contribution < 1.29 is 10.2 Å². The number of hydrogen-bond donors (Lipinski definition) is 2. The highest BCUT2D eigenvalue weighted by molar-refractivity contribution is 5.31. The van der Waals surface area contributed by atoms with Crippen LogP contribution in [0, 0.1) is 23.7 Å². The first-order chi connectivity index (χ1) is 5.81. The molecule has 0 aliphatic heterocycles. The molecule has 0 radical (unpaired) electrons. The first kappa shape index (κ1) is 10.8. The molecule has 0 aromatic rings. The van der Waals surface area contributed by atoms with Crippen LogP contribution in [-0.2, 0) is 0 Å².